The smallest absolute Gasteiger partial charge is 0.308 e. The van der Waals surface area contributed by atoms with E-state index in [0.717, 1.165) is 51.4 Å². The molecule has 1 N–H and O–H groups in total. The first-order valence-corrected chi connectivity index (χ1v) is 10.1. The molecule has 0 unspecified atom stereocenters. The molecule has 2 aliphatic heterocycles. The van der Waals surface area contributed by atoms with Gasteiger partial charge in [0.05, 0.1) is 19.6 Å². The molecule has 7 heteroatoms. The van der Waals surface area contributed by atoms with Gasteiger partial charge in [0.15, 0.2) is 5.96 Å². The van der Waals surface area contributed by atoms with Crippen LogP contribution in [0.1, 0.15) is 37.3 Å². The van der Waals surface area contributed by atoms with Crippen LogP contribution in [-0.2, 0) is 22.5 Å². The number of methoxy groups -OCH3 is 1. The van der Waals surface area contributed by atoms with Crippen LogP contribution >= 0.6 is 24.0 Å². The molecule has 156 valence electrons. The van der Waals surface area contributed by atoms with E-state index in [0.29, 0.717) is 6.54 Å². The van der Waals surface area contributed by atoms with Crippen molar-refractivity contribution in [2.75, 3.05) is 45.2 Å². The number of aliphatic imine (C=N–C) groups is 1. The molecule has 0 saturated carbocycles. The van der Waals surface area contributed by atoms with Gasteiger partial charge in [0.25, 0.3) is 0 Å². The first-order valence-electron chi connectivity index (χ1n) is 10.1. The number of piperidine rings is 1. The zero-order valence-corrected chi connectivity index (χ0v) is 19.6. The molecule has 6 nitrogen and oxygen atoms in total. The molecule has 0 atom stereocenters. The van der Waals surface area contributed by atoms with Gasteiger partial charge in [-0.15, -0.1) is 24.0 Å². The van der Waals surface area contributed by atoms with Crippen molar-refractivity contribution >= 4 is 41.6 Å². The van der Waals surface area contributed by atoms with E-state index in [9.17, 15) is 4.79 Å². The molecular formula is C21H33IN4O2. The Hall–Kier alpha value is -1.51. The van der Waals surface area contributed by atoms with Gasteiger partial charge in [-0.1, -0.05) is 12.1 Å². The molecule has 0 radical (unpaired) electrons. The van der Waals surface area contributed by atoms with Crippen molar-refractivity contribution in [3.05, 3.63) is 29.3 Å². The number of hydrogen-bond acceptors (Lipinski definition) is 4. The number of hydrogen-bond donors (Lipinski definition) is 1. The van der Waals surface area contributed by atoms with Crippen molar-refractivity contribution < 1.29 is 9.53 Å². The van der Waals surface area contributed by atoms with Crippen molar-refractivity contribution in [3.8, 4) is 0 Å². The van der Waals surface area contributed by atoms with Crippen molar-refractivity contribution in [3.63, 3.8) is 0 Å². The van der Waals surface area contributed by atoms with Crippen molar-refractivity contribution in [1.82, 2.24) is 10.2 Å². The fraction of sp³-hybridized carbons (Fsp3) is 0.619. The molecule has 0 amide bonds. The molecular weight excluding hydrogens is 467 g/mol. The van der Waals surface area contributed by atoms with Gasteiger partial charge in [-0.05, 0) is 49.8 Å². The number of likely N-dealkylation sites (tertiary alicyclic amines) is 1. The van der Waals surface area contributed by atoms with E-state index in [-0.39, 0.29) is 35.9 Å². The van der Waals surface area contributed by atoms with Crippen molar-refractivity contribution in [1.29, 1.82) is 0 Å². The van der Waals surface area contributed by atoms with E-state index in [4.69, 9.17) is 9.73 Å². The Morgan fingerprint density at radius 3 is 2.71 bits per heavy atom. The van der Waals surface area contributed by atoms with Gasteiger partial charge in [0.1, 0.15) is 0 Å². The number of anilines is 1. The summed E-state index contributed by atoms with van der Waals surface area (Å²) in [7, 11) is 3.63. The molecule has 0 spiro atoms. The van der Waals surface area contributed by atoms with Crippen LogP contribution in [0.5, 0.6) is 0 Å². The zero-order valence-electron chi connectivity index (χ0n) is 17.2. The quantitative estimate of drug-likeness (QED) is 0.298. The molecule has 0 aliphatic carbocycles. The number of benzene rings is 1. The molecule has 2 aliphatic rings. The summed E-state index contributed by atoms with van der Waals surface area (Å²) in [5.74, 6) is 0.873. The van der Waals surface area contributed by atoms with Crippen LogP contribution in [0.15, 0.2) is 23.2 Å². The third-order valence-electron chi connectivity index (χ3n) is 5.57. The van der Waals surface area contributed by atoms with Crippen LogP contribution in [0.3, 0.4) is 0 Å². The number of nitrogens with zero attached hydrogens (tertiary/aromatic N) is 3. The van der Waals surface area contributed by atoms with Gasteiger partial charge in [-0.3, -0.25) is 4.79 Å². The molecule has 1 aromatic carbocycles. The summed E-state index contributed by atoms with van der Waals surface area (Å²) in [4.78, 5) is 21.2. The molecule has 3 rings (SSSR count). The summed E-state index contributed by atoms with van der Waals surface area (Å²) >= 11 is 0. The van der Waals surface area contributed by atoms with Crippen molar-refractivity contribution in [2.45, 2.75) is 39.2 Å². The van der Waals surface area contributed by atoms with Gasteiger partial charge in [-0.25, -0.2) is 4.99 Å². The SMILES string of the molecule is CCNC(=NCc1ccc2c(c1)CCCN2C)N1CCC(C(=O)OC)CC1.I. The van der Waals surface area contributed by atoms with E-state index >= 15 is 0 Å². The van der Waals surface area contributed by atoms with Gasteiger partial charge >= 0.3 is 5.97 Å². The summed E-state index contributed by atoms with van der Waals surface area (Å²) in [6.07, 6.45) is 4.01. The maximum atomic E-state index is 11.7. The van der Waals surface area contributed by atoms with E-state index in [1.807, 2.05) is 0 Å². The van der Waals surface area contributed by atoms with Crippen molar-refractivity contribution in [2.24, 2.45) is 10.9 Å². The van der Waals surface area contributed by atoms with Crippen LogP contribution in [-0.4, -0.2) is 57.2 Å². The lowest BCUT2D eigenvalue weighted by Crippen LogP contribution is -2.46. The third kappa shape index (κ3) is 5.52. The molecule has 0 aromatic heterocycles. The summed E-state index contributed by atoms with van der Waals surface area (Å²) in [5, 5.41) is 3.40. The number of nitrogens with one attached hydrogen (secondary N) is 1. The summed E-state index contributed by atoms with van der Waals surface area (Å²) in [6.45, 7) is 6.41. The Balaban J connectivity index is 0.00000280. The highest BCUT2D eigenvalue weighted by Crippen LogP contribution is 2.27. The second-order valence-corrected chi connectivity index (χ2v) is 7.44. The van der Waals surface area contributed by atoms with Gasteiger partial charge in [0, 0.05) is 38.9 Å². The fourth-order valence-corrected chi connectivity index (χ4v) is 4.02. The van der Waals surface area contributed by atoms with E-state index < -0.39 is 0 Å². The number of carbonyl (C=O) groups excluding carboxylic acids is 1. The normalized spacial score (nSPS) is 17.6. The summed E-state index contributed by atoms with van der Waals surface area (Å²) < 4.78 is 4.88. The second-order valence-electron chi connectivity index (χ2n) is 7.44. The largest absolute Gasteiger partial charge is 0.469 e. The minimum Gasteiger partial charge on any atom is -0.469 e. The highest BCUT2D eigenvalue weighted by molar-refractivity contribution is 14.0. The molecule has 1 fully saturated rings. The Labute approximate surface area is 185 Å². The number of fused-ring (bicyclic) bond motifs is 1. The Morgan fingerprint density at radius 2 is 2.04 bits per heavy atom. The maximum absolute atomic E-state index is 11.7. The minimum atomic E-state index is -0.0874. The number of guanidine groups is 1. The third-order valence-corrected chi connectivity index (χ3v) is 5.57. The van der Waals surface area contributed by atoms with Crippen LogP contribution in [0.4, 0.5) is 5.69 Å². The first kappa shape index (κ1) is 22.8. The number of halogens is 1. The van der Waals surface area contributed by atoms with Crippen LogP contribution in [0.25, 0.3) is 0 Å². The molecule has 28 heavy (non-hydrogen) atoms. The topological polar surface area (TPSA) is 57.2 Å². The van der Waals surface area contributed by atoms with Gasteiger partial charge in [-0.2, -0.15) is 0 Å². The molecule has 1 saturated heterocycles. The average Bonchev–Trinajstić information content (AvgIpc) is 2.71. The number of ether oxygens (including phenoxy) is 1. The number of esters is 1. The number of aryl methyl sites for hydroxylation is 1. The highest BCUT2D eigenvalue weighted by Gasteiger charge is 2.27. The Kier molecular flexibility index (Phi) is 8.85. The lowest BCUT2D eigenvalue weighted by atomic mass is 9.97. The predicted molar refractivity (Wildman–Crippen MR) is 125 cm³/mol. The fourth-order valence-electron chi connectivity index (χ4n) is 4.02. The van der Waals surface area contributed by atoms with Crippen LogP contribution in [0, 0.1) is 5.92 Å². The Bertz CT molecular complexity index is 687. The molecule has 2 heterocycles. The minimum absolute atomic E-state index is 0. The predicted octanol–water partition coefficient (Wildman–Crippen LogP) is 3.04. The van der Waals surface area contributed by atoms with Gasteiger partial charge < -0.3 is 19.9 Å². The standard InChI is InChI=1S/C21H32N4O2.HI/c1-4-22-21(25-12-9-17(10-13-25)20(26)27-3)23-15-16-7-8-19-18(14-16)6-5-11-24(19)2;/h7-8,14,17H,4-6,9-13,15H2,1-3H3,(H,22,23);1H. The second kappa shape index (κ2) is 10.9. The van der Waals surface area contributed by atoms with E-state index in [1.54, 1.807) is 0 Å². The first-order chi connectivity index (χ1) is 13.1. The van der Waals surface area contributed by atoms with Crippen LogP contribution < -0.4 is 10.2 Å². The summed E-state index contributed by atoms with van der Waals surface area (Å²) in [6, 6.07) is 6.73. The Morgan fingerprint density at radius 1 is 1.29 bits per heavy atom. The lowest BCUT2D eigenvalue weighted by molar-refractivity contribution is -0.146. The lowest BCUT2D eigenvalue weighted by Gasteiger charge is -2.33. The van der Waals surface area contributed by atoms with Gasteiger partial charge in [0.2, 0.25) is 0 Å². The maximum Gasteiger partial charge on any atom is 0.308 e. The molecule has 0 bridgehead atoms. The highest BCUT2D eigenvalue weighted by atomic mass is 127. The van der Waals surface area contributed by atoms with E-state index in [2.05, 4.69) is 47.3 Å². The number of rotatable bonds is 4. The zero-order chi connectivity index (χ0) is 19.2. The van der Waals surface area contributed by atoms with Crippen LogP contribution in [0.2, 0.25) is 0 Å². The van der Waals surface area contributed by atoms with E-state index in [1.165, 1.54) is 30.3 Å². The monoisotopic (exact) mass is 500 g/mol. The molecule has 1 aromatic rings. The summed E-state index contributed by atoms with van der Waals surface area (Å²) in [5.41, 5.74) is 4.04. The number of carbonyl (C=O) groups is 1. The average molecular weight is 500 g/mol.